The predicted molar refractivity (Wildman–Crippen MR) is 40.5 cm³/mol. The van der Waals surface area contributed by atoms with Gasteiger partial charge in [-0.1, -0.05) is 0 Å². The summed E-state index contributed by atoms with van der Waals surface area (Å²) in [5.41, 5.74) is -2.40. The van der Waals surface area contributed by atoms with Gasteiger partial charge in [0, 0.05) is 0 Å². The van der Waals surface area contributed by atoms with Gasteiger partial charge in [-0.15, -0.1) is 0 Å². The minimum atomic E-state index is -4.77. The maximum Gasteiger partial charge on any atom is 0.418 e. The van der Waals surface area contributed by atoms with Gasteiger partial charge >= 0.3 is 12.1 Å². The van der Waals surface area contributed by atoms with Crippen LogP contribution in [0, 0.1) is 5.95 Å². The summed E-state index contributed by atoms with van der Waals surface area (Å²) in [6, 6.07) is 0.962. The number of ether oxygens (including phenoxy) is 1. The van der Waals surface area contributed by atoms with Crippen LogP contribution in [0.1, 0.15) is 16.1 Å². The van der Waals surface area contributed by atoms with Crippen molar-refractivity contribution >= 4 is 5.97 Å². The van der Waals surface area contributed by atoms with Crippen molar-refractivity contribution in [3.63, 3.8) is 0 Å². The number of pyridine rings is 1. The van der Waals surface area contributed by atoms with E-state index in [9.17, 15) is 22.4 Å². The SMILES string of the molecule is COC(=O)c1nc(F)ccc1C(F)(F)F. The molecule has 0 aromatic carbocycles. The molecule has 15 heavy (non-hydrogen) atoms. The summed E-state index contributed by atoms with van der Waals surface area (Å²) in [6.07, 6.45) is -4.77. The van der Waals surface area contributed by atoms with Gasteiger partial charge in [0.2, 0.25) is 5.95 Å². The number of nitrogens with zero attached hydrogens (tertiary/aromatic N) is 1. The fraction of sp³-hybridized carbons (Fsp3) is 0.250. The van der Waals surface area contributed by atoms with E-state index in [2.05, 4.69) is 9.72 Å². The van der Waals surface area contributed by atoms with E-state index >= 15 is 0 Å². The molecular formula is C8H5F4NO2. The van der Waals surface area contributed by atoms with Gasteiger partial charge in [0.1, 0.15) is 0 Å². The monoisotopic (exact) mass is 223 g/mol. The molecule has 0 spiro atoms. The van der Waals surface area contributed by atoms with Crippen LogP contribution in [0.2, 0.25) is 0 Å². The zero-order valence-electron chi connectivity index (χ0n) is 7.43. The fourth-order valence-electron chi connectivity index (χ4n) is 0.916. The summed E-state index contributed by atoms with van der Waals surface area (Å²) in [7, 11) is 0.884. The van der Waals surface area contributed by atoms with Crippen molar-refractivity contribution in [1.82, 2.24) is 4.98 Å². The average Bonchev–Trinajstić information content (AvgIpc) is 2.14. The standard InChI is InChI=1S/C8H5F4NO2/c1-15-7(14)6-4(8(10,11)12)2-3-5(9)13-6/h2-3H,1H3. The number of halogens is 4. The third-order valence-corrected chi connectivity index (χ3v) is 1.55. The molecule has 0 aliphatic heterocycles. The minimum Gasteiger partial charge on any atom is -0.464 e. The first-order valence-corrected chi connectivity index (χ1v) is 3.68. The van der Waals surface area contributed by atoms with Crippen LogP contribution in [0.4, 0.5) is 17.6 Å². The van der Waals surface area contributed by atoms with Crippen molar-refractivity contribution in [3.8, 4) is 0 Å². The average molecular weight is 223 g/mol. The second kappa shape index (κ2) is 3.84. The lowest BCUT2D eigenvalue weighted by Crippen LogP contribution is -2.16. The highest BCUT2D eigenvalue weighted by atomic mass is 19.4. The summed E-state index contributed by atoms with van der Waals surface area (Å²) < 4.78 is 53.5. The van der Waals surface area contributed by atoms with Crippen molar-refractivity contribution in [2.24, 2.45) is 0 Å². The number of aromatic nitrogens is 1. The molecule has 0 bridgehead atoms. The molecule has 0 aliphatic rings. The Morgan fingerprint density at radius 2 is 2.00 bits per heavy atom. The second-order valence-corrected chi connectivity index (χ2v) is 2.52. The molecule has 1 aromatic heterocycles. The first-order valence-electron chi connectivity index (χ1n) is 3.68. The van der Waals surface area contributed by atoms with Crippen LogP contribution in [-0.4, -0.2) is 18.1 Å². The second-order valence-electron chi connectivity index (χ2n) is 2.52. The first-order chi connectivity index (χ1) is 6.86. The van der Waals surface area contributed by atoms with Crippen molar-refractivity contribution < 1.29 is 27.1 Å². The minimum absolute atomic E-state index is 0.439. The highest BCUT2D eigenvalue weighted by Gasteiger charge is 2.36. The third kappa shape index (κ3) is 2.42. The van der Waals surface area contributed by atoms with Crippen LogP contribution in [0.3, 0.4) is 0 Å². The van der Waals surface area contributed by atoms with E-state index in [4.69, 9.17) is 0 Å². The van der Waals surface area contributed by atoms with Crippen molar-refractivity contribution in [3.05, 3.63) is 29.3 Å². The Bertz CT molecular complexity index is 389. The van der Waals surface area contributed by atoms with Gasteiger partial charge in [-0.3, -0.25) is 0 Å². The zero-order chi connectivity index (χ0) is 11.6. The molecule has 0 amide bonds. The Morgan fingerprint density at radius 1 is 1.40 bits per heavy atom. The molecule has 0 N–H and O–H groups in total. The Kier molecular flexibility index (Phi) is 2.92. The molecule has 0 radical (unpaired) electrons. The molecule has 1 rings (SSSR count). The maximum atomic E-state index is 12.5. The van der Waals surface area contributed by atoms with Gasteiger partial charge < -0.3 is 4.74 Å². The number of carbonyl (C=O) groups is 1. The van der Waals surface area contributed by atoms with Gasteiger partial charge in [0.25, 0.3) is 0 Å². The predicted octanol–water partition coefficient (Wildman–Crippen LogP) is 2.03. The Hall–Kier alpha value is -1.66. The van der Waals surface area contributed by atoms with Crippen LogP contribution < -0.4 is 0 Å². The van der Waals surface area contributed by atoms with E-state index in [0.29, 0.717) is 12.1 Å². The first kappa shape index (κ1) is 11.4. The third-order valence-electron chi connectivity index (χ3n) is 1.55. The Balaban J connectivity index is 3.33. The fourth-order valence-corrected chi connectivity index (χ4v) is 0.916. The number of methoxy groups -OCH3 is 1. The molecule has 0 fully saturated rings. The van der Waals surface area contributed by atoms with Crippen molar-refractivity contribution in [1.29, 1.82) is 0 Å². The zero-order valence-corrected chi connectivity index (χ0v) is 7.43. The van der Waals surface area contributed by atoms with Gasteiger partial charge in [-0.05, 0) is 12.1 Å². The molecule has 7 heteroatoms. The van der Waals surface area contributed by atoms with Crippen molar-refractivity contribution in [2.45, 2.75) is 6.18 Å². The number of esters is 1. The van der Waals surface area contributed by atoms with Gasteiger partial charge in [-0.2, -0.15) is 17.6 Å². The number of hydrogen-bond acceptors (Lipinski definition) is 3. The summed E-state index contributed by atoms with van der Waals surface area (Å²) in [5.74, 6) is -2.51. The van der Waals surface area contributed by atoms with Crippen molar-refractivity contribution in [2.75, 3.05) is 7.11 Å². The summed E-state index contributed by atoms with van der Waals surface area (Å²) in [5, 5.41) is 0. The van der Waals surface area contributed by atoms with Crippen LogP contribution in [0.15, 0.2) is 12.1 Å². The van der Waals surface area contributed by atoms with Gasteiger partial charge in [0.05, 0.1) is 12.7 Å². The summed E-state index contributed by atoms with van der Waals surface area (Å²) in [6.45, 7) is 0. The molecule has 82 valence electrons. The number of alkyl halides is 3. The molecule has 0 saturated heterocycles. The summed E-state index contributed by atoms with van der Waals surface area (Å²) in [4.78, 5) is 13.7. The lowest BCUT2D eigenvalue weighted by Gasteiger charge is -2.09. The smallest absolute Gasteiger partial charge is 0.418 e. The highest BCUT2D eigenvalue weighted by molar-refractivity contribution is 5.88. The van der Waals surface area contributed by atoms with Crippen LogP contribution >= 0.6 is 0 Å². The van der Waals surface area contributed by atoms with E-state index in [1.165, 1.54) is 0 Å². The lowest BCUT2D eigenvalue weighted by atomic mass is 10.2. The molecule has 0 aliphatic carbocycles. The molecule has 0 atom stereocenters. The highest BCUT2D eigenvalue weighted by Crippen LogP contribution is 2.31. The van der Waals surface area contributed by atoms with E-state index < -0.39 is 29.4 Å². The number of carbonyl (C=O) groups excluding carboxylic acids is 1. The quantitative estimate of drug-likeness (QED) is 0.415. The molecule has 0 saturated carbocycles. The van der Waals surface area contributed by atoms with E-state index in [-0.39, 0.29) is 0 Å². The maximum absolute atomic E-state index is 12.5. The lowest BCUT2D eigenvalue weighted by molar-refractivity contribution is -0.138. The number of hydrogen-bond donors (Lipinski definition) is 0. The molecular weight excluding hydrogens is 218 g/mol. The van der Waals surface area contributed by atoms with Crippen LogP contribution in [0.5, 0.6) is 0 Å². The number of rotatable bonds is 1. The topological polar surface area (TPSA) is 39.2 Å². The molecule has 3 nitrogen and oxygen atoms in total. The normalized spacial score (nSPS) is 11.3. The molecule has 1 aromatic rings. The van der Waals surface area contributed by atoms with E-state index in [1.54, 1.807) is 0 Å². The van der Waals surface area contributed by atoms with E-state index in [0.717, 1.165) is 7.11 Å². The molecule has 0 unspecified atom stereocenters. The van der Waals surface area contributed by atoms with Gasteiger partial charge in [-0.25, -0.2) is 9.78 Å². The summed E-state index contributed by atoms with van der Waals surface area (Å²) >= 11 is 0. The Morgan fingerprint density at radius 3 is 2.47 bits per heavy atom. The van der Waals surface area contributed by atoms with Crippen LogP contribution in [-0.2, 0) is 10.9 Å². The largest absolute Gasteiger partial charge is 0.464 e. The van der Waals surface area contributed by atoms with Crippen LogP contribution in [0.25, 0.3) is 0 Å². The van der Waals surface area contributed by atoms with Gasteiger partial charge in [0.15, 0.2) is 5.69 Å². The van der Waals surface area contributed by atoms with E-state index in [1.807, 2.05) is 0 Å². The Labute approximate surface area is 81.7 Å². The molecule has 1 heterocycles.